The molecule has 0 saturated heterocycles. The van der Waals surface area contributed by atoms with Gasteiger partial charge >= 0.3 is 0 Å². The molecule has 1 atom stereocenters. The summed E-state index contributed by atoms with van der Waals surface area (Å²) in [6, 6.07) is 26.1. The number of para-hydroxylation sites is 2. The maximum Gasteiger partial charge on any atom is 0.261 e. The van der Waals surface area contributed by atoms with Gasteiger partial charge in [-0.15, -0.1) is 0 Å². The van der Waals surface area contributed by atoms with Crippen LogP contribution < -0.4 is 16.0 Å². The molecule has 2 heterocycles. The second kappa shape index (κ2) is 9.30. The van der Waals surface area contributed by atoms with E-state index in [1.807, 2.05) is 98.8 Å². The Labute approximate surface area is 203 Å². The van der Waals surface area contributed by atoms with Crippen LogP contribution in [0.3, 0.4) is 0 Å². The molecule has 0 bridgehead atoms. The minimum Gasteiger partial charge on any atom is -0.343 e. The average Bonchev–Trinajstić information content (AvgIpc) is 3.28. The molecule has 0 unspecified atom stereocenters. The second-order valence-electron chi connectivity index (χ2n) is 8.47. The molecule has 35 heavy (non-hydrogen) atoms. The van der Waals surface area contributed by atoms with Gasteiger partial charge in [0.2, 0.25) is 0 Å². The first-order chi connectivity index (χ1) is 17.0. The van der Waals surface area contributed by atoms with Crippen molar-refractivity contribution in [2.45, 2.75) is 19.9 Å². The number of nitrogens with one attached hydrogen (secondary N) is 3. The summed E-state index contributed by atoms with van der Waals surface area (Å²) in [6.07, 6.45) is 1.53. The van der Waals surface area contributed by atoms with Crippen molar-refractivity contribution in [2.24, 2.45) is 0 Å². The van der Waals surface area contributed by atoms with Crippen LogP contribution in [0.2, 0.25) is 0 Å². The summed E-state index contributed by atoms with van der Waals surface area (Å²) in [4.78, 5) is 26.6. The summed E-state index contributed by atoms with van der Waals surface area (Å²) in [5.41, 5.74) is 4.99. The number of carbonyl (C=O) groups is 2. The van der Waals surface area contributed by atoms with Gasteiger partial charge in [0.25, 0.3) is 11.8 Å². The molecule has 0 aliphatic carbocycles. The van der Waals surface area contributed by atoms with Crippen molar-refractivity contribution in [1.29, 1.82) is 0 Å². The Morgan fingerprint density at radius 3 is 1.97 bits per heavy atom. The van der Waals surface area contributed by atoms with E-state index in [0.29, 0.717) is 34.0 Å². The number of carbonyl (C=O) groups excluding carboxylic acids is 2. The van der Waals surface area contributed by atoms with Gasteiger partial charge in [-0.3, -0.25) is 9.59 Å². The number of benzene rings is 3. The Hall–Kier alpha value is -4.65. The molecule has 1 aromatic heterocycles. The monoisotopic (exact) mass is 463 g/mol. The lowest BCUT2D eigenvalue weighted by Crippen LogP contribution is -2.32. The predicted molar refractivity (Wildman–Crippen MR) is 137 cm³/mol. The molecule has 3 aromatic carbocycles. The number of aryl methyl sites for hydroxylation is 1. The van der Waals surface area contributed by atoms with Gasteiger partial charge in [0.05, 0.1) is 11.8 Å². The fourth-order valence-corrected chi connectivity index (χ4v) is 4.21. The molecule has 3 N–H and O–H groups in total. The van der Waals surface area contributed by atoms with Crippen molar-refractivity contribution in [3.8, 4) is 0 Å². The van der Waals surface area contributed by atoms with Gasteiger partial charge in [-0.25, -0.2) is 4.68 Å². The van der Waals surface area contributed by atoms with Crippen molar-refractivity contribution >= 4 is 29.0 Å². The van der Waals surface area contributed by atoms with Gasteiger partial charge in [-0.1, -0.05) is 66.2 Å². The maximum absolute atomic E-state index is 13.5. The molecular formula is C28H25N5O2. The van der Waals surface area contributed by atoms with Crippen molar-refractivity contribution in [2.75, 3.05) is 16.0 Å². The van der Waals surface area contributed by atoms with Crippen LogP contribution in [0.25, 0.3) is 0 Å². The summed E-state index contributed by atoms with van der Waals surface area (Å²) in [7, 11) is 0. The fourth-order valence-electron chi connectivity index (χ4n) is 4.21. The lowest BCUT2D eigenvalue weighted by atomic mass is 9.94. The lowest BCUT2D eigenvalue weighted by Gasteiger charge is -2.30. The zero-order valence-electron chi connectivity index (χ0n) is 19.4. The molecule has 1 aliphatic heterocycles. The number of hydrogen-bond acceptors (Lipinski definition) is 4. The number of aromatic nitrogens is 2. The van der Waals surface area contributed by atoms with Gasteiger partial charge in [-0.2, -0.15) is 5.10 Å². The Kier molecular flexibility index (Phi) is 5.89. The molecule has 0 radical (unpaired) electrons. The number of allylic oxidation sites excluding steroid dienone is 1. The molecule has 0 fully saturated rings. The molecule has 5 rings (SSSR count). The summed E-state index contributed by atoms with van der Waals surface area (Å²) in [5, 5.41) is 13.7. The van der Waals surface area contributed by atoms with E-state index in [9.17, 15) is 9.59 Å². The molecule has 1 aliphatic rings. The smallest absolute Gasteiger partial charge is 0.261 e. The third-order valence-electron chi connectivity index (χ3n) is 5.97. The Morgan fingerprint density at radius 1 is 0.800 bits per heavy atom. The van der Waals surface area contributed by atoms with Gasteiger partial charge in [0.15, 0.2) is 0 Å². The highest BCUT2D eigenvalue weighted by atomic mass is 16.2. The van der Waals surface area contributed by atoms with Crippen molar-refractivity contribution in [3.05, 3.63) is 119 Å². The molecule has 2 amide bonds. The van der Waals surface area contributed by atoms with Gasteiger partial charge in [0, 0.05) is 17.1 Å². The fraction of sp³-hybridized carbons (Fsp3) is 0.107. The van der Waals surface area contributed by atoms with Gasteiger partial charge < -0.3 is 16.0 Å². The SMILES string of the molecule is CC1=C(C(=O)Nc2ccccc2)[C@H](c2ccc(C)cc2)n2ncc(C(=O)Nc3ccccc3)c2N1. The van der Waals surface area contributed by atoms with Crippen LogP contribution in [0, 0.1) is 6.92 Å². The van der Waals surface area contributed by atoms with Crippen LogP contribution in [0.15, 0.2) is 102 Å². The van der Waals surface area contributed by atoms with Crippen LogP contribution in [0.5, 0.6) is 0 Å². The molecule has 174 valence electrons. The number of amides is 2. The Balaban J connectivity index is 1.55. The number of fused-ring (bicyclic) bond motifs is 1. The van der Waals surface area contributed by atoms with E-state index >= 15 is 0 Å². The molecule has 0 spiro atoms. The number of anilines is 3. The van der Waals surface area contributed by atoms with Crippen molar-refractivity contribution < 1.29 is 9.59 Å². The van der Waals surface area contributed by atoms with E-state index in [4.69, 9.17) is 0 Å². The summed E-state index contributed by atoms with van der Waals surface area (Å²) in [6.45, 7) is 3.86. The quantitative estimate of drug-likeness (QED) is 0.371. The molecular weight excluding hydrogens is 438 g/mol. The third kappa shape index (κ3) is 4.44. The molecule has 4 aromatic rings. The molecule has 0 saturated carbocycles. The lowest BCUT2D eigenvalue weighted by molar-refractivity contribution is -0.113. The van der Waals surface area contributed by atoms with E-state index in [0.717, 1.165) is 11.1 Å². The van der Waals surface area contributed by atoms with Crippen LogP contribution in [-0.2, 0) is 4.79 Å². The topological polar surface area (TPSA) is 88.0 Å². The van der Waals surface area contributed by atoms with Gasteiger partial charge in [0.1, 0.15) is 17.4 Å². The Bertz CT molecular complexity index is 1410. The summed E-state index contributed by atoms with van der Waals surface area (Å²) in [5.74, 6) is 0.0265. The minimum absolute atomic E-state index is 0.233. The highest BCUT2D eigenvalue weighted by Crippen LogP contribution is 2.38. The predicted octanol–water partition coefficient (Wildman–Crippen LogP) is 5.37. The first kappa shape index (κ1) is 22.2. The van der Waals surface area contributed by atoms with Crippen LogP contribution in [0.1, 0.15) is 34.5 Å². The summed E-state index contributed by atoms with van der Waals surface area (Å²) >= 11 is 0. The van der Waals surface area contributed by atoms with Crippen molar-refractivity contribution in [1.82, 2.24) is 9.78 Å². The van der Waals surface area contributed by atoms with E-state index in [1.165, 1.54) is 6.20 Å². The first-order valence-corrected chi connectivity index (χ1v) is 11.4. The Morgan fingerprint density at radius 2 is 1.37 bits per heavy atom. The molecule has 7 heteroatoms. The van der Waals surface area contributed by atoms with Crippen molar-refractivity contribution in [3.63, 3.8) is 0 Å². The van der Waals surface area contributed by atoms with Crippen LogP contribution in [0.4, 0.5) is 17.2 Å². The van der Waals surface area contributed by atoms with Crippen LogP contribution >= 0.6 is 0 Å². The largest absolute Gasteiger partial charge is 0.343 e. The van der Waals surface area contributed by atoms with E-state index in [-0.39, 0.29) is 11.8 Å². The van der Waals surface area contributed by atoms with E-state index in [1.54, 1.807) is 4.68 Å². The first-order valence-electron chi connectivity index (χ1n) is 11.4. The van der Waals surface area contributed by atoms with E-state index in [2.05, 4.69) is 21.0 Å². The highest BCUT2D eigenvalue weighted by molar-refractivity contribution is 6.09. The standard InChI is InChI=1S/C28H25N5O2/c1-18-13-15-20(16-14-18)25-24(28(35)32-22-11-7-4-8-12-22)19(2)30-26-23(17-29-33(25)26)27(34)31-21-9-5-3-6-10-21/h3-17,25,30H,1-2H3,(H,31,34)(H,32,35)/t25-/m0/s1. The van der Waals surface area contributed by atoms with Gasteiger partial charge in [-0.05, 0) is 43.7 Å². The highest BCUT2D eigenvalue weighted by Gasteiger charge is 2.35. The average molecular weight is 464 g/mol. The maximum atomic E-state index is 13.5. The minimum atomic E-state index is -0.506. The van der Waals surface area contributed by atoms with Crippen LogP contribution in [-0.4, -0.2) is 21.6 Å². The molecule has 7 nitrogen and oxygen atoms in total. The zero-order valence-corrected chi connectivity index (χ0v) is 19.4. The second-order valence-corrected chi connectivity index (χ2v) is 8.47. The normalized spacial score (nSPS) is 14.6. The number of rotatable bonds is 5. The summed E-state index contributed by atoms with van der Waals surface area (Å²) < 4.78 is 1.71. The number of hydrogen-bond donors (Lipinski definition) is 3. The van der Waals surface area contributed by atoms with E-state index < -0.39 is 6.04 Å². The zero-order chi connectivity index (χ0) is 24.4. The number of nitrogens with zero attached hydrogens (tertiary/aromatic N) is 2. The third-order valence-corrected chi connectivity index (χ3v) is 5.97.